The Hall–Kier alpha value is -2.99. The van der Waals surface area contributed by atoms with Gasteiger partial charge >= 0.3 is 6.03 Å². The van der Waals surface area contributed by atoms with Crippen LogP contribution < -0.4 is 10.1 Å². The van der Waals surface area contributed by atoms with E-state index in [2.05, 4.69) is 12.2 Å². The molecule has 2 amide bonds. The predicted molar refractivity (Wildman–Crippen MR) is 101 cm³/mol. The third-order valence-electron chi connectivity index (χ3n) is 4.05. The van der Waals surface area contributed by atoms with Gasteiger partial charge in [0.2, 0.25) is 0 Å². The van der Waals surface area contributed by atoms with Crippen LogP contribution in [0.2, 0.25) is 0 Å². The highest BCUT2D eigenvalue weighted by atomic mass is 16.7. The summed E-state index contributed by atoms with van der Waals surface area (Å²) in [5, 5.41) is 4.91. The topological polar surface area (TPSA) is 63.9 Å². The van der Waals surface area contributed by atoms with Gasteiger partial charge in [0.15, 0.2) is 0 Å². The largest absolute Gasteiger partial charge is 0.464 e. The Morgan fingerprint density at radius 2 is 1.88 bits per heavy atom. The van der Waals surface area contributed by atoms with Gasteiger partial charge in [-0.05, 0) is 54.4 Å². The molecule has 0 aliphatic carbocycles. The fourth-order valence-electron chi connectivity index (χ4n) is 2.61. The molecule has 0 unspecified atom stereocenters. The van der Waals surface area contributed by atoms with Crippen LogP contribution in [0.25, 0.3) is 11.0 Å². The quantitative estimate of drug-likeness (QED) is 0.618. The van der Waals surface area contributed by atoms with Gasteiger partial charge in [0, 0.05) is 18.1 Å². The number of benzene rings is 2. The zero-order valence-electron chi connectivity index (χ0n) is 15.1. The average molecular weight is 354 g/mol. The standard InChI is InChI=1S/C20H22N2O4/c1-4-5-14-13-25-19-11-10-17(12-18(14)19)26-16-8-6-15(7-9-16)21-20(23)22(2)24-3/h6-13H,4-5H2,1-3H3,(H,21,23). The average Bonchev–Trinajstić information content (AvgIpc) is 3.05. The molecule has 0 aliphatic rings. The van der Waals surface area contributed by atoms with Crippen LogP contribution in [0.3, 0.4) is 0 Å². The maximum atomic E-state index is 11.8. The fourth-order valence-corrected chi connectivity index (χ4v) is 2.61. The van der Waals surface area contributed by atoms with Gasteiger partial charge < -0.3 is 14.5 Å². The molecule has 0 fully saturated rings. The fraction of sp³-hybridized carbons (Fsp3) is 0.250. The van der Waals surface area contributed by atoms with E-state index in [9.17, 15) is 4.79 Å². The lowest BCUT2D eigenvalue weighted by atomic mass is 10.1. The molecular weight excluding hydrogens is 332 g/mol. The molecule has 0 bridgehead atoms. The van der Waals surface area contributed by atoms with E-state index in [0.717, 1.165) is 34.6 Å². The summed E-state index contributed by atoms with van der Waals surface area (Å²) in [6.45, 7) is 2.14. The molecule has 0 radical (unpaired) electrons. The van der Waals surface area contributed by atoms with Crippen molar-refractivity contribution in [3.63, 3.8) is 0 Å². The summed E-state index contributed by atoms with van der Waals surface area (Å²) in [4.78, 5) is 16.6. The number of amides is 2. The van der Waals surface area contributed by atoms with E-state index in [0.29, 0.717) is 11.4 Å². The first-order chi connectivity index (χ1) is 12.6. The van der Waals surface area contributed by atoms with Crippen molar-refractivity contribution in [1.29, 1.82) is 0 Å². The summed E-state index contributed by atoms with van der Waals surface area (Å²) in [7, 11) is 2.96. The van der Waals surface area contributed by atoms with Crippen LogP contribution in [0.1, 0.15) is 18.9 Å². The van der Waals surface area contributed by atoms with Crippen molar-refractivity contribution in [1.82, 2.24) is 5.06 Å². The van der Waals surface area contributed by atoms with E-state index < -0.39 is 0 Å². The number of anilines is 1. The number of nitrogens with one attached hydrogen (secondary N) is 1. The monoisotopic (exact) mass is 354 g/mol. The molecule has 3 rings (SSSR count). The molecular formula is C20H22N2O4. The summed E-state index contributed by atoms with van der Waals surface area (Å²) >= 11 is 0. The zero-order chi connectivity index (χ0) is 18.5. The molecule has 0 atom stereocenters. The Morgan fingerprint density at radius 1 is 1.15 bits per heavy atom. The number of fused-ring (bicyclic) bond motifs is 1. The van der Waals surface area contributed by atoms with Crippen LogP contribution in [0.15, 0.2) is 53.1 Å². The lowest BCUT2D eigenvalue weighted by Crippen LogP contribution is -2.30. The number of aryl methyl sites for hydroxylation is 1. The summed E-state index contributed by atoms with van der Waals surface area (Å²) < 4.78 is 11.5. The maximum absolute atomic E-state index is 11.8. The van der Waals surface area contributed by atoms with Crippen LogP contribution in [-0.4, -0.2) is 25.3 Å². The van der Waals surface area contributed by atoms with Gasteiger partial charge in [-0.1, -0.05) is 13.3 Å². The minimum Gasteiger partial charge on any atom is -0.464 e. The highest BCUT2D eigenvalue weighted by Gasteiger charge is 2.09. The summed E-state index contributed by atoms with van der Waals surface area (Å²) in [5.41, 5.74) is 2.70. The Bertz CT molecular complexity index is 886. The first kappa shape index (κ1) is 17.8. The number of ether oxygens (including phenoxy) is 1. The van der Waals surface area contributed by atoms with Gasteiger partial charge in [-0.3, -0.25) is 4.84 Å². The van der Waals surface area contributed by atoms with Gasteiger partial charge in [-0.15, -0.1) is 0 Å². The molecule has 6 heteroatoms. The van der Waals surface area contributed by atoms with E-state index in [1.807, 2.05) is 24.5 Å². The van der Waals surface area contributed by atoms with Crippen molar-refractivity contribution in [3.05, 3.63) is 54.3 Å². The minimum absolute atomic E-state index is 0.352. The van der Waals surface area contributed by atoms with Crippen LogP contribution in [-0.2, 0) is 11.3 Å². The number of hydrogen-bond donors (Lipinski definition) is 1. The van der Waals surface area contributed by atoms with Crippen LogP contribution in [0.5, 0.6) is 11.5 Å². The molecule has 0 saturated carbocycles. The molecule has 2 aromatic carbocycles. The molecule has 1 N–H and O–H groups in total. The lowest BCUT2D eigenvalue weighted by Gasteiger charge is -2.14. The molecule has 1 aromatic heterocycles. The van der Waals surface area contributed by atoms with Crippen molar-refractivity contribution in [2.45, 2.75) is 19.8 Å². The van der Waals surface area contributed by atoms with Gasteiger partial charge in [-0.2, -0.15) is 0 Å². The maximum Gasteiger partial charge on any atom is 0.345 e. The highest BCUT2D eigenvalue weighted by Crippen LogP contribution is 2.30. The van der Waals surface area contributed by atoms with Gasteiger partial charge in [0.1, 0.15) is 17.1 Å². The third-order valence-corrected chi connectivity index (χ3v) is 4.05. The first-order valence-corrected chi connectivity index (χ1v) is 8.47. The van der Waals surface area contributed by atoms with Crippen LogP contribution in [0, 0.1) is 0 Å². The number of rotatable bonds is 6. The second-order valence-electron chi connectivity index (χ2n) is 5.91. The van der Waals surface area contributed by atoms with Gasteiger partial charge in [0.05, 0.1) is 13.4 Å². The highest BCUT2D eigenvalue weighted by molar-refractivity contribution is 5.88. The second-order valence-corrected chi connectivity index (χ2v) is 5.91. The number of hydroxylamine groups is 2. The third kappa shape index (κ3) is 3.97. The van der Waals surface area contributed by atoms with E-state index in [1.54, 1.807) is 24.3 Å². The molecule has 0 spiro atoms. The number of urea groups is 1. The molecule has 6 nitrogen and oxygen atoms in total. The summed E-state index contributed by atoms with van der Waals surface area (Å²) in [5.74, 6) is 1.43. The Morgan fingerprint density at radius 3 is 2.58 bits per heavy atom. The molecule has 0 aliphatic heterocycles. The molecule has 3 aromatic rings. The Kier molecular flexibility index (Phi) is 5.43. The van der Waals surface area contributed by atoms with Crippen molar-refractivity contribution < 1.29 is 18.8 Å². The minimum atomic E-state index is -0.352. The molecule has 1 heterocycles. The van der Waals surface area contributed by atoms with E-state index in [-0.39, 0.29) is 6.03 Å². The van der Waals surface area contributed by atoms with Crippen molar-refractivity contribution in [2.24, 2.45) is 0 Å². The van der Waals surface area contributed by atoms with Gasteiger partial charge in [-0.25, -0.2) is 9.86 Å². The van der Waals surface area contributed by atoms with E-state index >= 15 is 0 Å². The van der Waals surface area contributed by atoms with Crippen molar-refractivity contribution >= 4 is 22.7 Å². The van der Waals surface area contributed by atoms with Crippen LogP contribution in [0.4, 0.5) is 10.5 Å². The first-order valence-electron chi connectivity index (χ1n) is 8.47. The number of carbonyl (C=O) groups excluding carboxylic acids is 1. The Balaban J connectivity index is 1.71. The van der Waals surface area contributed by atoms with Crippen LogP contribution >= 0.6 is 0 Å². The number of nitrogens with zero attached hydrogens (tertiary/aromatic N) is 1. The van der Waals surface area contributed by atoms with E-state index in [4.69, 9.17) is 14.0 Å². The number of hydrogen-bond acceptors (Lipinski definition) is 4. The summed E-state index contributed by atoms with van der Waals surface area (Å²) in [6, 6.07) is 12.6. The zero-order valence-corrected chi connectivity index (χ0v) is 15.1. The van der Waals surface area contributed by atoms with E-state index in [1.165, 1.54) is 19.7 Å². The Labute approximate surface area is 152 Å². The molecule has 0 saturated heterocycles. The molecule has 136 valence electrons. The predicted octanol–water partition coefficient (Wildman–Crippen LogP) is 5.20. The van der Waals surface area contributed by atoms with Crippen molar-refractivity contribution in [2.75, 3.05) is 19.5 Å². The van der Waals surface area contributed by atoms with Crippen molar-refractivity contribution in [3.8, 4) is 11.5 Å². The van der Waals surface area contributed by atoms with Gasteiger partial charge in [0.25, 0.3) is 0 Å². The number of carbonyl (C=O) groups is 1. The lowest BCUT2D eigenvalue weighted by molar-refractivity contribution is -0.0598. The molecule has 26 heavy (non-hydrogen) atoms. The normalized spacial score (nSPS) is 10.7. The summed E-state index contributed by atoms with van der Waals surface area (Å²) in [6.07, 6.45) is 3.85. The smallest absolute Gasteiger partial charge is 0.345 e. The second kappa shape index (κ2) is 7.93. The number of furan rings is 1. The SMILES string of the molecule is CCCc1coc2ccc(Oc3ccc(NC(=O)N(C)OC)cc3)cc12.